The van der Waals surface area contributed by atoms with Crippen LogP contribution in [0.15, 0.2) is 121 Å². The Balaban J connectivity index is 1.57. The number of epoxide rings is 1. The van der Waals surface area contributed by atoms with Gasteiger partial charge in [-0.25, -0.2) is 4.79 Å². The third-order valence-electron chi connectivity index (χ3n) is 8.29. The van der Waals surface area contributed by atoms with E-state index in [4.69, 9.17) is 9.47 Å². The quantitative estimate of drug-likeness (QED) is 0.213. The number of hydrogen-bond donors (Lipinski definition) is 1. The van der Waals surface area contributed by atoms with Crippen molar-refractivity contribution in [2.45, 2.75) is 48.4 Å². The maximum atomic E-state index is 14.1. The predicted octanol–water partition coefficient (Wildman–Crippen LogP) is 5.78. The van der Waals surface area contributed by atoms with Crippen LogP contribution >= 0.6 is 0 Å². The Morgan fingerprint density at radius 1 is 0.667 bits per heavy atom. The molecule has 2 aliphatic heterocycles. The van der Waals surface area contributed by atoms with Crippen LogP contribution in [0.4, 0.5) is 0 Å². The molecule has 0 unspecified atom stereocenters. The molecule has 2 heterocycles. The van der Waals surface area contributed by atoms with Gasteiger partial charge in [0.05, 0.1) is 6.42 Å². The topological polar surface area (TPSA) is 76.1 Å². The lowest BCUT2D eigenvalue weighted by Crippen LogP contribution is -2.54. The van der Waals surface area contributed by atoms with E-state index < -0.39 is 34.7 Å². The molecule has 2 saturated heterocycles. The average Bonchev–Trinajstić information content (AvgIpc) is 3.57. The monoisotopic (exact) mass is 518 g/mol. The predicted molar refractivity (Wildman–Crippen MR) is 147 cm³/mol. The van der Waals surface area contributed by atoms with Crippen LogP contribution in [0.25, 0.3) is 0 Å². The first kappa shape index (κ1) is 25.1. The molecule has 0 saturated carbocycles. The lowest BCUT2D eigenvalue weighted by atomic mass is 9.64. The second kappa shape index (κ2) is 9.83. The fourth-order valence-electron chi connectivity index (χ4n) is 6.55. The van der Waals surface area contributed by atoms with Crippen molar-refractivity contribution in [1.82, 2.24) is 0 Å². The zero-order valence-electron chi connectivity index (χ0n) is 21.5. The molecule has 0 bridgehead atoms. The normalized spacial score (nSPS) is 25.9. The highest BCUT2D eigenvalue weighted by Gasteiger charge is 2.90. The fourth-order valence-corrected chi connectivity index (χ4v) is 6.55. The lowest BCUT2D eigenvalue weighted by Gasteiger charge is -2.41. The van der Waals surface area contributed by atoms with Gasteiger partial charge in [0, 0.05) is 25.2 Å². The minimum Gasteiger partial charge on any atom is -0.481 e. The van der Waals surface area contributed by atoms with Gasteiger partial charge in [0.1, 0.15) is 0 Å². The van der Waals surface area contributed by atoms with Crippen molar-refractivity contribution in [3.63, 3.8) is 0 Å². The third kappa shape index (κ3) is 4.23. The zero-order chi connectivity index (χ0) is 26.9. The number of aliphatic carboxylic acids is 1. The average molecular weight is 519 g/mol. The van der Waals surface area contributed by atoms with Crippen molar-refractivity contribution in [2.24, 2.45) is 0 Å². The van der Waals surface area contributed by atoms with Gasteiger partial charge < -0.3 is 14.6 Å². The van der Waals surface area contributed by atoms with E-state index in [1.54, 1.807) is 0 Å². The summed E-state index contributed by atoms with van der Waals surface area (Å²) in [6.07, 6.45) is 0.897. The summed E-state index contributed by atoms with van der Waals surface area (Å²) < 4.78 is 13.3. The van der Waals surface area contributed by atoms with Crippen LogP contribution in [-0.2, 0) is 38.3 Å². The van der Waals surface area contributed by atoms with Crippen LogP contribution in [0.5, 0.6) is 0 Å². The summed E-state index contributed by atoms with van der Waals surface area (Å²) in [6.45, 7) is 0. The number of benzene rings is 4. The van der Waals surface area contributed by atoms with E-state index >= 15 is 0 Å². The number of hydrogen-bond acceptors (Lipinski definition) is 4. The molecule has 0 aliphatic carbocycles. The molecule has 0 radical (unpaired) electrons. The Hall–Kier alpha value is -4.22. The zero-order valence-corrected chi connectivity index (χ0v) is 21.5. The van der Waals surface area contributed by atoms with E-state index in [2.05, 4.69) is 0 Å². The van der Waals surface area contributed by atoms with E-state index in [1.165, 1.54) is 0 Å². The summed E-state index contributed by atoms with van der Waals surface area (Å²) in [7, 11) is 0. The van der Waals surface area contributed by atoms with Crippen molar-refractivity contribution in [2.75, 3.05) is 0 Å². The summed E-state index contributed by atoms with van der Waals surface area (Å²) in [6, 6.07) is 39.1. The molecular formula is C34H30O5. The minimum atomic E-state index is -1.25. The Morgan fingerprint density at radius 2 is 1.13 bits per heavy atom. The number of carboxylic acid groups (broad SMARTS) is 1. The molecular weight excluding hydrogens is 488 g/mol. The van der Waals surface area contributed by atoms with E-state index in [1.807, 2.05) is 121 Å². The lowest BCUT2D eigenvalue weighted by molar-refractivity contribution is -0.174. The van der Waals surface area contributed by atoms with Gasteiger partial charge in [0.2, 0.25) is 5.60 Å². The van der Waals surface area contributed by atoms with Crippen molar-refractivity contribution in [3.8, 4) is 0 Å². The molecule has 4 aromatic rings. The molecule has 0 amide bonds. The largest absolute Gasteiger partial charge is 0.481 e. The molecule has 0 aromatic heterocycles. The van der Waals surface area contributed by atoms with Crippen LogP contribution in [0, 0.1) is 0 Å². The number of ether oxygens (including phenoxy) is 2. The molecule has 0 spiro atoms. The second-order valence-corrected chi connectivity index (χ2v) is 10.6. The molecule has 1 N–H and O–H groups in total. The molecule has 4 aromatic carbocycles. The summed E-state index contributed by atoms with van der Waals surface area (Å²) in [5, 5.41) is 10.1. The molecule has 39 heavy (non-hydrogen) atoms. The highest BCUT2D eigenvalue weighted by atomic mass is 16.7. The smallest absolute Gasteiger partial charge is 0.342 e. The van der Waals surface area contributed by atoms with Crippen LogP contribution in [0.1, 0.15) is 34.6 Å². The summed E-state index contributed by atoms with van der Waals surface area (Å²) >= 11 is 0. The Kier molecular flexibility index (Phi) is 6.32. The summed E-state index contributed by atoms with van der Waals surface area (Å²) in [4.78, 5) is 26.5. The number of esters is 1. The van der Waals surface area contributed by atoms with Crippen molar-refractivity contribution in [1.29, 1.82) is 0 Å². The van der Waals surface area contributed by atoms with Gasteiger partial charge in [-0.05, 0) is 22.3 Å². The maximum absolute atomic E-state index is 14.1. The number of rotatable bonds is 10. The van der Waals surface area contributed by atoms with Gasteiger partial charge in [-0.3, -0.25) is 4.79 Å². The van der Waals surface area contributed by atoms with Gasteiger partial charge >= 0.3 is 11.9 Å². The van der Waals surface area contributed by atoms with Crippen molar-refractivity contribution >= 4 is 11.9 Å². The SMILES string of the molecule is O=C(O)C[C@H](c1ccccc1)[C@]1(Cc2ccccc2)OC(=O)[C@@]2(Cc3ccccc3)O[C@@]12Cc1ccccc1. The van der Waals surface area contributed by atoms with E-state index in [9.17, 15) is 14.7 Å². The van der Waals surface area contributed by atoms with Crippen LogP contribution in [-0.4, -0.2) is 33.8 Å². The number of fused-ring (bicyclic) bond motifs is 1. The molecule has 2 aliphatic rings. The van der Waals surface area contributed by atoms with Crippen LogP contribution in [0.2, 0.25) is 0 Å². The highest BCUT2D eigenvalue weighted by Crippen LogP contribution is 2.69. The minimum absolute atomic E-state index is 0.203. The second-order valence-electron chi connectivity index (χ2n) is 10.6. The first-order chi connectivity index (χ1) is 19.0. The first-order valence-corrected chi connectivity index (χ1v) is 13.3. The number of carbonyl (C=O) groups excluding carboxylic acids is 1. The third-order valence-corrected chi connectivity index (χ3v) is 8.29. The molecule has 6 rings (SSSR count). The number of cyclic esters (lactones) is 1. The molecule has 2 fully saturated rings. The van der Waals surface area contributed by atoms with E-state index in [0.29, 0.717) is 19.3 Å². The molecule has 196 valence electrons. The van der Waals surface area contributed by atoms with Gasteiger partial charge in [0.15, 0.2) is 11.2 Å². The van der Waals surface area contributed by atoms with Gasteiger partial charge in [-0.1, -0.05) is 121 Å². The van der Waals surface area contributed by atoms with Gasteiger partial charge in [-0.15, -0.1) is 0 Å². The standard InChI is InChI=1S/C34H30O5/c35-30(36)21-29(28-19-11-4-12-20-28)32(22-25-13-5-1-6-14-25)34(24-27-17-9-3-10-18-27)33(39-34,31(37)38-32)23-26-15-7-2-8-16-26/h1-20,29H,21-24H2,(H,35,36)/t29-,32+,33-,34+/m1/s1. The fraction of sp³-hybridized carbons (Fsp3) is 0.235. The molecule has 5 heteroatoms. The summed E-state index contributed by atoms with van der Waals surface area (Å²) in [5.74, 6) is -2.02. The van der Waals surface area contributed by atoms with E-state index in [-0.39, 0.29) is 6.42 Å². The summed E-state index contributed by atoms with van der Waals surface area (Å²) in [5.41, 5.74) is 0.192. The Morgan fingerprint density at radius 3 is 1.64 bits per heavy atom. The molecule has 4 atom stereocenters. The van der Waals surface area contributed by atoms with Gasteiger partial charge in [-0.2, -0.15) is 0 Å². The van der Waals surface area contributed by atoms with Crippen LogP contribution < -0.4 is 0 Å². The van der Waals surface area contributed by atoms with E-state index in [0.717, 1.165) is 22.3 Å². The molecule has 5 nitrogen and oxygen atoms in total. The Labute approximate surface area is 228 Å². The maximum Gasteiger partial charge on any atom is 0.342 e. The van der Waals surface area contributed by atoms with Crippen molar-refractivity contribution < 1.29 is 24.2 Å². The Bertz CT molecular complexity index is 1460. The van der Waals surface area contributed by atoms with Gasteiger partial charge in [0.25, 0.3) is 0 Å². The van der Waals surface area contributed by atoms with Crippen LogP contribution in [0.3, 0.4) is 0 Å². The number of carboxylic acids is 1. The first-order valence-electron chi connectivity index (χ1n) is 13.3. The highest BCUT2D eigenvalue weighted by molar-refractivity contribution is 5.91. The number of carbonyl (C=O) groups is 2. The van der Waals surface area contributed by atoms with Crippen molar-refractivity contribution in [3.05, 3.63) is 144 Å².